The van der Waals surface area contributed by atoms with Crippen LogP contribution in [-0.2, 0) is 27.8 Å². The van der Waals surface area contributed by atoms with Crippen molar-refractivity contribution in [2.75, 3.05) is 0 Å². The number of ether oxygens (including phenoxy) is 1. The summed E-state index contributed by atoms with van der Waals surface area (Å²) in [6.45, 7) is 8.03. The molecule has 8 heteroatoms. The molecule has 1 aromatic heterocycles. The van der Waals surface area contributed by atoms with Gasteiger partial charge in [0.25, 0.3) is 0 Å². The lowest BCUT2D eigenvalue weighted by Crippen LogP contribution is -2.44. The second-order valence-electron chi connectivity index (χ2n) is 9.45. The highest BCUT2D eigenvalue weighted by atomic mass is 32.2. The molecule has 4 rings (SSSR count). The number of hydrogen-bond acceptors (Lipinski definition) is 5. The van der Waals surface area contributed by atoms with Crippen LogP contribution < -0.4 is 9.46 Å². The standard InChI is InChI=1S/C30H33NO6S/c1-5-19(3)29(30(32)33)31-38(34,35)25-16-12-23(13-17-25)22-10-14-24(15-11-22)36-18-27-20(4)28-21(6-2)8-7-9-26(28)37-27/h7-17,19,29,31H,5-6,18H2,1-4H3,(H,32,33)/t19?,29-/m0/s1. The number of benzene rings is 3. The molecule has 2 N–H and O–H groups in total. The summed E-state index contributed by atoms with van der Waals surface area (Å²) in [6, 6.07) is 18.8. The number of rotatable bonds is 11. The average Bonchev–Trinajstić information content (AvgIpc) is 3.25. The first-order chi connectivity index (χ1) is 18.1. The molecular weight excluding hydrogens is 502 g/mol. The number of hydrogen-bond donors (Lipinski definition) is 2. The zero-order valence-corrected chi connectivity index (χ0v) is 22.8. The topological polar surface area (TPSA) is 106 Å². The quantitative estimate of drug-likeness (QED) is 0.233. The van der Waals surface area contributed by atoms with Crippen LogP contribution in [0.5, 0.6) is 5.75 Å². The van der Waals surface area contributed by atoms with Gasteiger partial charge in [0.2, 0.25) is 10.0 Å². The van der Waals surface area contributed by atoms with Crippen LogP contribution in [0.15, 0.2) is 76.0 Å². The summed E-state index contributed by atoms with van der Waals surface area (Å²) in [7, 11) is -3.98. The molecular formula is C30H33NO6S. The molecule has 1 heterocycles. The van der Waals surface area contributed by atoms with Crippen LogP contribution in [0.2, 0.25) is 0 Å². The highest BCUT2D eigenvalue weighted by Gasteiger charge is 2.29. The third kappa shape index (κ3) is 5.76. The Kier molecular flexibility index (Phi) is 8.23. The Morgan fingerprint density at radius 2 is 1.63 bits per heavy atom. The van der Waals surface area contributed by atoms with Crippen molar-refractivity contribution in [2.24, 2.45) is 5.92 Å². The lowest BCUT2D eigenvalue weighted by Gasteiger charge is -2.20. The molecule has 0 bridgehead atoms. The third-order valence-corrected chi connectivity index (χ3v) is 8.46. The van der Waals surface area contributed by atoms with Gasteiger partial charge in [0.1, 0.15) is 29.7 Å². The Balaban J connectivity index is 1.44. The van der Waals surface area contributed by atoms with Crippen LogP contribution in [0.25, 0.3) is 22.1 Å². The molecule has 0 aliphatic carbocycles. The normalized spacial score (nSPS) is 13.4. The van der Waals surface area contributed by atoms with E-state index in [1.165, 1.54) is 17.7 Å². The SMILES string of the molecule is CCc1cccc2oc(COc3ccc(-c4ccc(S(=O)(=O)N[C@H](C(=O)O)C(C)CC)cc4)cc3)c(C)c12. The molecule has 200 valence electrons. The van der Waals surface area contributed by atoms with Gasteiger partial charge in [-0.25, -0.2) is 8.42 Å². The summed E-state index contributed by atoms with van der Waals surface area (Å²) in [5, 5.41) is 10.6. The van der Waals surface area contributed by atoms with Crippen molar-refractivity contribution in [3.63, 3.8) is 0 Å². The highest BCUT2D eigenvalue weighted by molar-refractivity contribution is 7.89. The maximum absolute atomic E-state index is 12.8. The smallest absolute Gasteiger partial charge is 0.322 e. The second-order valence-corrected chi connectivity index (χ2v) is 11.2. The summed E-state index contributed by atoms with van der Waals surface area (Å²) in [4.78, 5) is 11.6. The molecule has 3 aromatic carbocycles. The van der Waals surface area contributed by atoms with Crippen molar-refractivity contribution in [2.45, 2.75) is 58.1 Å². The van der Waals surface area contributed by atoms with E-state index in [4.69, 9.17) is 9.15 Å². The van der Waals surface area contributed by atoms with E-state index >= 15 is 0 Å². The number of carbonyl (C=O) groups is 1. The number of fused-ring (bicyclic) bond motifs is 1. The van der Waals surface area contributed by atoms with E-state index in [2.05, 4.69) is 24.6 Å². The molecule has 0 saturated heterocycles. The first-order valence-corrected chi connectivity index (χ1v) is 14.2. The van der Waals surface area contributed by atoms with Gasteiger partial charge < -0.3 is 14.3 Å². The molecule has 0 amide bonds. The van der Waals surface area contributed by atoms with Crippen LogP contribution in [0.4, 0.5) is 0 Å². The van der Waals surface area contributed by atoms with E-state index in [1.807, 2.05) is 43.3 Å². The van der Waals surface area contributed by atoms with Crippen LogP contribution in [0.3, 0.4) is 0 Å². The Morgan fingerprint density at radius 3 is 2.21 bits per heavy atom. The Hall–Kier alpha value is -3.62. The van der Waals surface area contributed by atoms with Crippen molar-refractivity contribution >= 4 is 27.0 Å². The number of nitrogens with one attached hydrogen (secondary N) is 1. The molecule has 0 aliphatic heterocycles. The molecule has 0 saturated carbocycles. The van der Waals surface area contributed by atoms with Gasteiger partial charge in [0.15, 0.2) is 0 Å². The van der Waals surface area contributed by atoms with Gasteiger partial charge in [-0.3, -0.25) is 4.79 Å². The molecule has 2 atom stereocenters. The first kappa shape index (κ1) is 27.4. The third-order valence-electron chi connectivity index (χ3n) is 7.00. The number of aliphatic carboxylic acids is 1. The van der Waals surface area contributed by atoms with E-state index in [0.29, 0.717) is 18.8 Å². The van der Waals surface area contributed by atoms with Crippen LogP contribution >= 0.6 is 0 Å². The molecule has 0 radical (unpaired) electrons. The fraction of sp³-hybridized carbons (Fsp3) is 0.300. The predicted molar refractivity (Wildman–Crippen MR) is 148 cm³/mol. The zero-order valence-electron chi connectivity index (χ0n) is 22.0. The van der Waals surface area contributed by atoms with E-state index in [0.717, 1.165) is 39.8 Å². The predicted octanol–water partition coefficient (Wildman–Crippen LogP) is 6.33. The number of carboxylic acid groups (broad SMARTS) is 1. The highest BCUT2D eigenvalue weighted by Crippen LogP contribution is 2.30. The van der Waals surface area contributed by atoms with Crippen molar-refractivity contribution < 1.29 is 27.5 Å². The minimum Gasteiger partial charge on any atom is -0.486 e. The van der Waals surface area contributed by atoms with Gasteiger partial charge in [-0.1, -0.05) is 63.6 Å². The van der Waals surface area contributed by atoms with Crippen molar-refractivity contribution in [1.82, 2.24) is 4.72 Å². The van der Waals surface area contributed by atoms with Gasteiger partial charge in [-0.2, -0.15) is 4.72 Å². The van der Waals surface area contributed by atoms with E-state index in [1.54, 1.807) is 19.1 Å². The average molecular weight is 536 g/mol. The van der Waals surface area contributed by atoms with Crippen LogP contribution in [0, 0.1) is 12.8 Å². The minimum atomic E-state index is -3.98. The largest absolute Gasteiger partial charge is 0.486 e. The Bertz CT molecular complexity index is 1520. The summed E-state index contributed by atoms with van der Waals surface area (Å²) < 4.78 is 39.9. The van der Waals surface area contributed by atoms with Crippen molar-refractivity contribution in [3.05, 3.63) is 83.6 Å². The van der Waals surface area contributed by atoms with Crippen molar-refractivity contribution in [1.29, 1.82) is 0 Å². The number of aryl methyl sites for hydroxylation is 2. The summed E-state index contributed by atoms with van der Waals surface area (Å²) in [5.41, 5.74) is 4.94. The summed E-state index contributed by atoms with van der Waals surface area (Å²) in [5.74, 6) is -0.0405. The molecule has 0 fully saturated rings. The number of sulfonamides is 1. The minimum absolute atomic E-state index is 0.0168. The van der Waals surface area contributed by atoms with E-state index in [9.17, 15) is 18.3 Å². The number of furan rings is 1. The first-order valence-electron chi connectivity index (χ1n) is 12.7. The summed E-state index contributed by atoms with van der Waals surface area (Å²) in [6.07, 6.45) is 1.47. The maximum atomic E-state index is 12.8. The summed E-state index contributed by atoms with van der Waals surface area (Å²) >= 11 is 0. The van der Waals surface area contributed by atoms with Gasteiger partial charge >= 0.3 is 5.97 Å². The molecule has 38 heavy (non-hydrogen) atoms. The molecule has 4 aromatic rings. The van der Waals surface area contributed by atoms with Crippen LogP contribution in [-0.4, -0.2) is 25.5 Å². The molecule has 0 aliphatic rings. The van der Waals surface area contributed by atoms with Gasteiger partial charge in [-0.05, 0) is 66.3 Å². The van der Waals surface area contributed by atoms with Gasteiger partial charge in [-0.15, -0.1) is 0 Å². The second kappa shape index (κ2) is 11.4. The van der Waals surface area contributed by atoms with Gasteiger partial charge in [0.05, 0.1) is 4.90 Å². The molecule has 7 nitrogen and oxygen atoms in total. The Morgan fingerprint density at radius 1 is 1.00 bits per heavy atom. The Labute approximate surface area is 223 Å². The van der Waals surface area contributed by atoms with E-state index < -0.39 is 22.0 Å². The lowest BCUT2D eigenvalue weighted by atomic mass is 10.0. The van der Waals surface area contributed by atoms with Crippen LogP contribution in [0.1, 0.15) is 44.1 Å². The fourth-order valence-electron chi connectivity index (χ4n) is 4.47. The van der Waals surface area contributed by atoms with Gasteiger partial charge in [0, 0.05) is 10.9 Å². The monoisotopic (exact) mass is 535 g/mol. The zero-order chi connectivity index (χ0) is 27.4. The molecule has 0 spiro atoms. The maximum Gasteiger partial charge on any atom is 0.322 e. The lowest BCUT2D eigenvalue weighted by molar-refractivity contribution is -0.140. The van der Waals surface area contributed by atoms with Crippen molar-refractivity contribution in [3.8, 4) is 16.9 Å². The number of carboxylic acids is 1. The van der Waals surface area contributed by atoms with E-state index in [-0.39, 0.29) is 10.8 Å². The fourth-order valence-corrected chi connectivity index (χ4v) is 5.77. The molecule has 1 unspecified atom stereocenters.